The van der Waals surface area contributed by atoms with Crippen LogP contribution in [-0.2, 0) is 0 Å². The van der Waals surface area contributed by atoms with Gasteiger partial charge in [0.2, 0.25) is 0 Å². The van der Waals surface area contributed by atoms with Gasteiger partial charge in [-0.05, 0) is 30.5 Å². The molecule has 0 unspecified atom stereocenters. The van der Waals surface area contributed by atoms with Gasteiger partial charge in [-0.2, -0.15) is 0 Å². The van der Waals surface area contributed by atoms with Crippen LogP contribution in [0.15, 0.2) is 29.8 Å². The number of rotatable bonds is 1. The predicted molar refractivity (Wildman–Crippen MR) is 56.7 cm³/mol. The Morgan fingerprint density at radius 3 is 2.69 bits per heavy atom. The highest BCUT2D eigenvalue weighted by Crippen LogP contribution is 2.25. The first-order valence-electron chi connectivity index (χ1n) is 4.03. The average Bonchev–Trinajstić information content (AvgIpc) is 2.53. The van der Waals surface area contributed by atoms with Gasteiger partial charge in [-0.15, -0.1) is 11.3 Å². The molecule has 2 heterocycles. The molecule has 0 spiro atoms. The fourth-order valence-electron chi connectivity index (χ4n) is 1.22. The molecule has 0 aliphatic rings. The number of hydrogen-bond donors (Lipinski definition) is 1. The molecule has 0 atom stereocenters. The minimum absolute atomic E-state index is 0.705. The van der Waals surface area contributed by atoms with Gasteiger partial charge in [-0.1, -0.05) is 0 Å². The van der Waals surface area contributed by atoms with Crippen LogP contribution in [0.2, 0.25) is 0 Å². The fourth-order valence-corrected chi connectivity index (χ4v) is 1.92. The second kappa shape index (κ2) is 3.18. The first-order valence-corrected chi connectivity index (χ1v) is 4.91. The van der Waals surface area contributed by atoms with Gasteiger partial charge in [0.15, 0.2) is 0 Å². The minimum Gasteiger partial charge on any atom is -0.397 e. The third kappa shape index (κ3) is 1.55. The van der Waals surface area contributed by atoms with Crippen molar-refractivity contribution in [1.29, 1.82) is 0 Å². The van der Waals surface area contributed by atoms with Gasteiger partial charge in [0.1, 0.15) is 0 Å². The van der Waals surface area contributed by atoms with Crippen molar-refractivity contribution in [2.45, 2.75) is 6.92 Å². The van der Waals surface area contributed by atoms with Crippen LogP contribution in [0, 0.1) is 6.92 Å². The zero-order chi connectivity index (χ0) is 9.26. The number of thiophene rings is 1. The van der Waals surface area contributed by atoms with Crippen molar-refractivity contribution in [2.75, 3.05) is 5.73 Å². The second-order valence-electron chi connectivity index (χ2n) is 2.87. The maximum Gasteiger partial charge on any atom is 0.0714 e. The zero-order valence-electron chi connectivity index (χ0n) is 7.32. The van der Waals surface area contributed by atoms with Gasteiger partial charge in [0.25, 0.3) is 0 Å². The standard InChI is InChI=1S/C10H10N2S/c1-7-9(4-5-13-7)10-3-2-8(11)6-12-10/h2-6H,11H2,1H3. The number of nitrogens with two attached hydrogens (primary N) is 1. The Balaban J connectivity index is 2.47. The van der Waals surface area contributed by atoms with E-state index >= 15 is 0 Å². The van der Waals surface area contributed by atoms with Crippen LogP contribution in [0.25, 0.3) is 11.3 Å². The van der Waals surface area contributed by atoms with Crippen molar-refractivity contribution in [3.63, 3.8) is 0 Å². The molecular formula is C10H10N2S. The molecule has 0 bridgehead atoms. The molecule has 0 saturated heterocycles. The third-order valence-electron chi connectivity index (χ3n) is 1.92. The molecule has 0 fully saturated rings. The van der Waals surface area contributed by atoms with E-state index in [2.05, 4.69) is 23.4 Å². The lowest BCUT2D eigenvalue weighted by Gasteiger charge is -1.98. The Labute approximate surface area is 81.1 Å². The topological polar surface area (TPSA) is 38.9 Å². The number of aromatic nitrogens is 1. The van der Waals surface area contributed by atoms with Crippen LogP contribution in [0.5, 0.6) is 0 Å². The molecule has 2 aromatic heterocycles. The van der Waals surface area contributed by atoms with E-state index in [-0.39, 0.29) is 0 Å². The molecule has 2 aromatic rings. The lowest BCUT2D eigenvalue weighted by atomic mass is 10.2. The van der Waals surface area contributed by atoms with Crippen LogP contribution in [-0.4, -0.2) is 4.98 Å². The van der Waals surface area contributed by atoms with Crippen LogP contribution in [0.1, 0.15) is 4.88 Å². The maximum absolute atomic E-state index is 5.56. The quantitative estimate of drug-likeness (QED) is 0.751. The largest absolute Gasteiger partial charge is 0.397 e. The summed E-state index contributed by atoms with van der Waals surface area (Å²) in [5.41, 5.74) is 8.46. The number of anilines is 1. The molecular weight excluding hydrogens is 180 g/mol. The lowest BCUT2D eigenvalue weighted by molar-refractivity contribution is 1.33. The normalized spacial score (nSPS) is 10.2. The van der Waals surface area contributed by atoms with Crippen molar-refractivity contribution in [3.05, 3.63) is 34.7 Å². The van der Waals surface area contributed by atoms with Crippen LogP contribution in [0.4, 0.5) is 5.69 Å². The summed E-state index contributed by atoms with van der Waals surface area (Å²) in [6.45, 7) is 2.10. The summed E-state index contributed by atoms with van der Waals surface area (Å²) < 4.78 is 0. The molecule has 66 valence electrons. The number of aryl methyl sites for hydroxylation is 1. The monoisotopic (exact) mass is 190 g/mol. The first-order chi connectivity index (χ1) is 6.27. The SMILES string of the molecule is Cc1sccc1-c1ccc(N)cn1. The molecule has 0 radical (unpaired) electrons. The molecule has 2 nitrogen and oxygen atoms in total. The van der Waals surface area contributed by atoms with Gasteiger partial charge in [-0.3, -0.25) is 4.98 Å². The van der Waals surface area contributed by atoms with Crippen molar-refractivity contribution < 1.29 is 0 Å². The minimum atomic E-state index is 0.705. The summed E-state index contributed by atoms with van der Waals surface area (Å²) in [4.78, 5) is 5.55. The van der Waals surface area contributed by atoms with Gasteiger partial charge < -0.3 is 5.73 Å². The van der Waals surface area contributed by atoms with E-state index in [0.717, 1.165) is 5.69 Å². The summed E-state index contributed by atoms with van der Waals surface area (Å²) in [6, 6.07) is 5.91. The first kappa shape index (κ1) is 8.26. The van der Waals surface area contributed by atoms with Crippen molar-refractivity contribution in [1.82, 2.24) is 4.98 Å². The molecule has 0 aliphatic heterocycles. The number of nitrogen functional groups attached to an aromatic ring is 1. The second-order valence-corrected chi connectivity index (χ2v) is 3.99. The Morgan fingerprint density at radius 1 is 1.31 bits per heavy atom. The molecule has 0 saturated carbocycles. The van der Waals surface area contributed by atoms with Crippen molar-refractivity contribution in [3.8, 4) is 11.3 Å². The molecule has 3 heteroatoms. The van der Waals surface area contributed by atoms with Crippen molar-refractivity contribution in [2.24, 2.45) is 0 Å². The summed E-state index contributed by atoms with van der Waals surface area (Å²) in [6.07, 6.45) is 1.69. The zero-order valence-corrected chi connectivity index (χ0v) is 8.14. The molecule has 13 heavy (non-hydrogen) atoms. The smallest absolute Gasteiger partial charge is 0.0714 e. The van der Waals surface area contributed by atoms with Gasteiger partial charge in [-0.25, -0.2) is 0 Å². The molecule has 2 rings (SSSR count). The summed E-state index contributed by atoms with van der Waals surface area (Å²) in [7, 11) is 0. The van der Waals surface area contributed by atoms with Gasteiger partial charge in [0.05, 0.1) is 17.6 Å². The Bertz CT molecular complexity index is 403. The highest BCUT2D eigenvalue weighted by atomic mass is 32.1. The van der Waals surface area contributed by atoms with Gasteiger partial charge >= 0.3 is 0 Å². The number of pyridine rings is 1. The predicted octanol–water partition coefficient (Wildman–Crippen LogP) is 2.70. The van der Waals surface area contributed by atoms with Crippen LogP contribution >= 0.6 is 11.3 Å². The average molecular weight is 190 g/mol. The van der Waals surface area contributed by atoms with Crippen LogP contribution < -0.4 is 5.73 Å². The van der Waals surface area contributed by atoms with Crippen molar-refractivity contribution >= 4 is 17.0 Å². The summed E-state index contributed by atoms with van der Waals surface area (Å²) in [5, 5.41) is 2.07. The Kier molecular flexibility index (Phi) is 2.02. The molecule has 2 N–H and O–H groups in total. The highest BCUT2D eigenvalue weighted by molar-refractivity contribution is 7.10. The third-order valence-corrected chi connectivity index (χ3v) is 2.77. The molecule has 0 aromatic carbocycles. The molecule has 0 aliphatic carbocycles. The van der Waals surface area contributed by atoms with Crippen LogP contribution in [0.3, 0.4) is 0 Å². The number of nitrogens with zero attached hydrogens (tertiary/aromatic N) is 1. The van der Waals surface area contributed by atoms with Gasteiger partial charge in [0, 0.05) is 10.4 Å². The maximum atomic E-state index is 5.56. The summed E-state index contributed by atoms with van der Waals surface area (Å²) >= 11 is 1.73. The van der Waals surface area contributed by atoms with E-state index in [9.17, 15) is 0 Å². The Morgan fingerprint density at radius 2 is 2.15 bits per heavy atom. The van der Waals surface area contributed by atoms with E-state index < -0.39 is 0 Å². The Hall–Kier alpha value is -1.35. The van der Waals surface area contributed by atoms with E-state index in [1.165, 1.54) is 10.4 Å². The van der Waals surface area contributed by atoms with E-state index in [0.29, 0.717) is 5.69 Å². The fraction of sp³-hybridized carbons (Fsp3) is 0.100. The van der Waals surface area contributed by atoms with E-state index in [4.69, 9.17) is 5.73 Å². The van der Waals surface area contributed by atoms with E-state index in [1.807, 2.05) is 12.1 Å². The number of hydrogen-bond acceptors (Lipinski definition) is 3. The highest BCUT2D eigenvalue weighted by Gasteiger charge is 2.02. The lowest BCUT2D eigenvalue weighted by Crippen LogP contribution is -1.87. The molecule has 0 amide bonds. The summed E-state index contributed by atoms with van der Waals surface area (Å²) in [5.74, 6) is 0. The van der Waals surface area contributed by atoms with E-state index in [1.54, 1.807) is 17.5 Å².